The minimum atomic E-state index is 0.569. The normalized spacial score (nSPS) is 9.42. The van der Waals surface area contributed by atoms with Crippen molar-refractivity contribution < 1.29 is 0 Å². The van der Waals surface area contributed by atoms with Crippen LogP contribution in [0.5, 0.6) is 0 Å². The van der Waals surface area contributed by atoms with E-state index in [4.69, 9.17) is 0 Å². The van der Waals surface area contributed by atoms with E-state index in [-0.39, 0.29) is 0 Å². The second-order valence-corrected chi connectivity index (χ2v) is 4.94. The fourth-order valence-electron chi connectivity index (χ4n) is 1.85. The van der Waals surface area contributed by atoms with Crippen molar-refractivity contribution in [2.45, 2.75) is 20.5 Å². The molecule has 0 aromatic heterocycles. The molecule has 0 atom stereocenters. The molecule has 0 nitrogen and oxygen atoms in total. The van der Waals surface area contributed by atoms with Crippen LogP contribution in [-0.2, 0) is 0 Å². The molecule has 0 aliphatic heterocycles. The molecule has 0 unspecified atom stereocenters. The molecule has 19 heavy (non-hydrogen) atoms. The van der Waals surface area contributed by atoms with Gasteiger partial charge >= 0.3 is 0 Å². The Balaban J connectivity index is 2.14. The molecule has 0 fully saturated rings. The van der Waals surface area contributed by atoms with E-state index in [1.807, 2.05) is 6.82 Å². The molecule has 0 N–H and O–H groups in total. The lowest BCUT2D eigenvalue weighted by Crippen LogP contribution is -2.21. The molecule has 2 aromatic carbocycles. The third kappa shape index (κ3) is 3.80. The van der Waals surface area contributed by atoms with Gasteiger partial charge in [0.15, 0.2) is 6.71 Å². The summed E-state index contributed by atoms with van der Waals surface area (Å²) in [6, 6.07) is 16.8. The lowest BCUT2D eigenvalue weighted by molar-refractivity contribution is 1.65. The Morgan fingerprint density at radius 2 is 1.26 bits per heavy atom. The zero-order valence-electron chi connectivity index (χ0n) is 11.8. The third-order valence-electron chi connectivity index (χ3n) is 3.17. The lowest BCUT2D eigenvalue weighted by atomic mass is 9.49. The minimum Gasteiger partial charge on any atom is -0.0880 e. The van der Waals surface area contributed by atoms with Crippen molar-refractivity contribution in [3.63, 3.8) is 0 Å². The largest absolute Gasteiger partial charge is 0.169 e. The van der Waals surface area contributed by atoms with Gasteiger partial charge < -0.3 is 0 Å². The van der Waals surface area contributed by atoms with E-state index in [9.17, 15) is 0 Å². The van der Waals surface area contributed by atoms with Crippen molar-refractivity contribution in [3.05, 3.63) is 59.7 Å². The van der Waals surface area contributed by atoms with Crippen LogP contribution >= 0.6 is 0 Å². The molecule has 0 aliphatic carbocycles. The summed E-state index contributed by atoms with van der Waals surface area (Å²) in [7, 11) is 2.09. The molecule has 2 heteroatoms. The van der Waals surface area contributed by atoms with E-state index in [2.05, 4.69) is 81.3 Å². The van der Waals surface area contributed by atoms with Crippen LogP contribution < -0.4 is 10.9 Å². The fourth-order valence-corrected chi connectivity index (χ4v) is 1.85. The van der Waals surface area contributed by atoms with E-state index in [0.717, 1.165) is 11.1 Å². The van der Waals surface area contributed by atoms with Crippen LogP contribution in [0.2, 0.25) is 20.5 Å². The first-order valence-corrected chi connectivity index (χ1v) is 6.70. The van der Waals surface area contributed by atoms with Crippen LogP contribution in [0.25, 0.3) is 0 Å². The SMILES string of the molecule is C[B]c1ccc(C#Cc2ccc(B(C)C)cc2)cc1. The highest BCUT2D eigenvalue weighted by Gasteiger charge is 2.00. The predicted molar refractivity (Wildman–Crippen MR) is 87.2 cm³/mol. The van der Waals surface area contributed by atoms with Gasteiger partial charge in [0, 0.05) is 11.1 Å². The fraction of sp³-hybridized carbons (Fsp3) is 0.176. The average molecular weight is 243 g/mol. The molecule has 0 saturated carbocycles. The molecule has 0 bridgehead atoms. The highest BCUT2D eigenvalue weighted by molar-refractivity contribution is 6.70. The molecule has 0 heterocycles. The van der Waals surface area contributed by atoms with Crippen molar-refractivity contribution in [1.82, 2.24) is 0 Å². The summed E-state index contributed by atoms with van der Waals surface area (Å²) in [6.07, 6.45) is 0. The van der Waals surface area contributed by atoms with Gasteiger partial charge in [-0.3, -0.25) is 0 Å². The summed E-state index contributed by atoms with van der Waals surface area (Å²) >= 11 is 0. The molecular weight excluding hydrogens is 226 g/mol. The highest BCUT2D eigenvalue weighted by Crippen LogP contribution is 1.99. The maximum Gasteiger partial charge on any atom is 0.169 e. The van der Waals surface area contributed by atoms with Gasteiger partial charge in [-0.1, -0.05) is 67.5 Å². The first kappa shape index (κ1) is 13.6. The number of benzene rings is 2. The smallest absolute Gasteiger partial charge is 0.0880 e. The monoisotopic (exact) mass is 243 g/mol. The third-order valence-corrected chi connectivity index (χ3v) is 3.17. The number of rotatable bonds is 2. The Hall–Kier alpha value is -1.87. The van der Waals surface area contributed by atoms with Crippen LogP contribution in [-0.4, -0.2) is 14.0 Å². The Kier molecular flexibility index (Phi) is 4.53. The summed E-state index contributed by atoms with van der Waals surface area (Å²) in [6.45, 7) is 7.01. The molecule has 2 rings (SSSR count). The highest BCUT2D eigenvalue weighted by atomic mass is 13.9. The van der Waals surface area contributed by atoms with Crippen molar-refractivity contribution in [3.8, 4) is 11.8 Å². The van der Waals surface area contributed by atoms with Gasteiger partial charge in [0.2, 0.25) is 0 Å². The molecule has 91 valence electrons. The molecule has 1 radical (unpaired) electrons. The zero-order chi connectivity index (χ0) is 13.7. The van der Waals surface area contributed by atoms with E-state index in [1.54, 1.807) is 0 Å². The van der Waals surface area contributed by atoms with Gasteiger partial charge in [-0.05, 0) is 24.3 Å². The van der Waals surface area contributed by atoms with Gasteiger partial charge in [-0.25, -0.2) is 0 Å². The quantitative estimate of drug-likeness (QED) is 0.561. The van der Waals surface area contributed by atoms with Crippen LogP contribution in [0.1, 0.15) is 11.1 Å². The Morgan fingerprint density at radius 3 is 1.68 bits per heavy atom. The average Bonchev–Trinajstić information content (AvgIpc) is 2.46. The number of hydrogen-bond acceptors (Lipinski definition) is 0. The lowest BCUT2D eigenvalue weighted by Gasteiger charge is -2.01. The van der Waals surface area contributed by atoms with Gasteiger partial charge in [-0.2, -0.15) is 0 Å². The minimum absolute atomic E-state index is 0.569. The summed E-state index contributed by atoms with van der Waals surface area (Å²) in [5.41, 5.74) is 4.70. The maximum absolute atomic E-state index is 3.20. The van der Waals surface area contributed by atoms with Crippen molar-refractivity contribution in [1.29, 1.82) is 0 Å². The molecule has 0 spiro atoms. The summed E-state index contributed by atoms with van der Waals surface area (Å²) in [5, 5.41) is 0. The molecule has 0 amide bonds. The summed E-state index contributed by atoms with van der Waals surface area (Å²) < 4.78 is 0. The van der Waals surface area contributed by atoms with Crippen LogP contribution in [0, 0.1) is 11.8 Å². The van der Waals surface area contributed by atoms with E-state index in [1.165, 1.54) is 10.9 Å². The zero-order valence-corrected chi connectivity index (χ0v) is 11.8. The number of hydrogen-bond donors (Lipinski definition) is 0. The second kappa shape index (κ2) is 6.34. The molecular formula is C17H17B2. The Bertz CT molecular complexity index is 584. The van der Waals surface area contributed by atoms with Crippen molar-refractivity contribution >= 4 is 24.9 Å². The maximum atomic E-state index is 3.20. The van der Waals surface area contributed by atoms with Gasteiger partial charge in [-0.15, -0.1) is 0 Å². The van der Waals surface area contributed by atoms with Crippen LogP contribution in [0.4, 0.5) is 0 Å². The van der Waals surface area contributed by atoms with Crippen LogP contribution in [0.3, 0.4) is 0 Å². The van der Waals surface area contributed by atoms with Gasteiger partial charge in [0.1, 0.15) is 7.28 Å². The molecule has 0 aliphatic rings. The van der Waals surface area contributed by atoms with E-state index in [0.29, 0.717) is 6.71 Å². The van der Waals surface area contributed by atoms with Gasteiger partial charge in [0.05, 0.1) is 0 Å². The van der Waals surface area contributed by atoms with Crippen LogP contribution in [0.15, 0.2) is 48.5 Å². The standard InChI is InChI=1S/C17H17B2/c1-18-16-10-6-14(7-11-16)4-5-15-8-12-17(13-9-15)19(2)3/h6-13H,1-3H3. The first-order chi connectivity index (χ1) is 9.19. The second-order valence-electron chi connectivity index (χ2n) is 4.94. The van der Waals surface area contributed by atoms with E-state index >= 15 is 0 Å². The van der Waals surface area contributed by atoms with E-state index < -0.39 is 0 Å². The predicted octanol–water partition coefficient (Wildman–Crippen LogP) is 2.43. The van der Waals surface area contributed by atoms with Crippen molar-refractivity contribution in [2.24, 2.45) is 0 Å². The summed E-state index contributed by atoms with van der Waals surface area (Å²) in [4.78, 5) is 0. The molecule has 2 aromatic rings. The Morgan fingerprint density at radius 1 is 0.789 bits per heavy atom. The van der Waals surface area contributed by atoms with Gasteiger partial charge in [0.25, 0.3) is 0 Å². The van der Waals surface area contributed by atoms with Crippen molar-refractivity contribution in [2.75, 3.05) is 0 Å². The topological polar surface area (TPSA) is 0 Å². The Labute approximate surface area is 117 Å². The molecule has 0 saturated heterocycles. The summed E-state index contributed by atoms with van der Waals surface area (Å²) in [5.74, 6) is 6.40. The first-order valence-electron chi connectivity index (χ1n) is 6.70.